The molecule has 0 aliphatic heterocycles. The van der Waals surface area contributed by atoms with Gasteiger partial charge in [-0.25, -0.2) is 0 Å². The van der Waals surface area contributed by atoms with E-state index >= 15 is 0 Å². The van der Waals surface area contributed by atoms with E-state index in [0.29, 0.717) is 16.5 Å². The quantitative estimate of drug-likeness (QED) is 0.652. The molecule has 0 amide bonds. The van der Waals surface area contributed by atoms with Gasteiger partial charge in [-0.15, -0.1) is 11.3 Å². The number of hydrogen-bond acceptors (Lipinski definition) is 2. The molecular formula is C13H7BrCl2OS. The van der Waals surface area contributed by atoms with Crippen LogP contribution in [0.5, 0.6) is 0 Å². The Morgan fingerprint density at radius 2 is 2.00 bits per heavy atom. The van der Waals surface area contributed by atoms with Gasteiger partial charge in [0.15, 0.2) is 5.78 Å². The predicted molar refractivity (Wildman–Crippen MR) is 79.3 cm³/mol. The summed E-state index contributed by atoms with van der Waals surface area (Å²) in [6, 6.07) is 7.59. The molecule has 0 saturated carbocycles. The van der Waals surface area contributed by atoms with Crippen LogP contribution in [0.2, 0.25) is 10.0 Å². The molecule has 0 N–H and O–H groups in total. The first-order valence-corrected chi connectivity index (χ1v) is 7.70. The molecular weight excluding hydrogens is 355 g/mol. The fraction of sp³-hybridized carbons (Fsp3) is 0.154. The van der Waals surface area contributed by atoms with Crippen LogP contribution in [0.25, 0.3) is 0 Å². The van der Waals surface area contributed by atoms with Gasteiger partial charge >= 0.3 is 0 Å². The summed E-state index contributed by atoms with van der Waals surface area (Å²) in [5, 5.41) is 1.07. The van der Waals surface area contributed by atoms with E-state index < -0.39 is 0 Å². The molecule has 5 heteroatoms. The highest BCUT2D eigenvalue weighted by Crippen LogP contribution is 2.44. The Morgan fingerprint density at radius 3 is 2.72 bits per heavy atom. The third-order valence-electron chi connectivity index (χ3n) is 3.09. The van der Waals surface area contributed by atoms with Crippen molar-refractivity contribution in [2.24, 2.45) is 0 Å². The van der Waals surface area contributed by atoms with E-state index in [1.54, 1.807) is 6.07 Å². The lowest BCUT2D eigenvalue weighted by Crippen LogP contribution is -1.97. The summed E-state index contributed by atoms with van der Waals surface area (Å²) in [5.74, 6) is 0.307. The van der Waals surface area contributed by atoms with Crippen molar-refractivity contribution in [2.45, 2.75) is 12.3 Å². The Balaban J connectivity index is 2.08. The largest absolute Gasteiger partial charge is 0.293 e. The Labute approximate surface area is 127 Å². The van der Waals surface area contributed by atoms with Crippen LogP contribution in [-0.2, 0) is 0 Å². The van der Waals surface area contributed by atoms with E-state index in [2.05, 4.69) is 15.9 Å². The van der Waals surface area contributed by atoms with Crippen LogP contribution in [0.3, 0.4) is 0 Å². The molecule has 3 rings (SSSR count). The van der Waals surface area contributed by atoms with Crippen LogP contribution in [0.1, 0.15) is 33.1 Å². The summed E-state index contributed by atoms with van der Waals surface area (Å²) in [6.07, 6.45) is 0.520. The van der Waals surface area contributed by atoms with Gasteiger partial charge in [-0.05, 0) is 45.3 Å². The van der Waals surface area contributed by atoms with Crippen molar-refractivity contribution in [3.63, 3.8) is 0 Å². The van der Waals surface area contributed by atoms with Crippen molar-refractivity contribution < 1.29 is 4.79 Å². The molecule has 1 aromatic heterocycles. The zero-order valence-corrected chi connectivity index (χ0v) is 13.0. The third kappa shape index (κ3) is 2.03. The lowest BCUT2D eigenvalue weighted by Gasteiger charge is -2.10. The van der Waals surface area contributed by atoms with Crippen molar-refractivity contribution in [3.8, 4) is 0 Å². The SMILES string of the molecule is O=C1CC(c2ccc(Cl)c(Cl)c2)c2cc(Br)sc21. The normalized spacial score (nSPS) is 18.2. The Hall–Kier alpha value is -0.350. The summed E-state index contributed by atoms with van der Waals surface area (Å²) in [7, 11) is 0. The molecule has 0 spiro atoms. The molecule has 0 saturated heterocycles. The Bertz CT molecular complexity index is 650. The molecule has 18 heavy (non-hydrogen) atoms. The molecule has 1 heterocycles. The minimum Gasteiger partial charge on any atom is -0.293 e. The van der Waals surface area contributed by atoms with Crippen molar-refractivity contribution in [3.05, 3.63) is 54.1 Å². The second kappa shape index (κ2) is 4.64. The molecule has 92 valence electrons. The molecule has 1 nitrogen and oxygen atoms in total. The van der Waals surface area contributed by atoms with Gasteiger partial charge in [0, 0.05) is 12.3 Å². The van der Waals surface area contributed by atoms with Crippen molar-refractivity contribution in [1.82, 2.24) is 0 Å². The smallest absolute Gasteiger partial charge is 0.174 e. The number of halogens is 3. The van der Waals surface area contributed by atoms with Gasteiger partial charge in [0.1, 0.15) is 0 Å². The van der Waals surface area contributed by atoms with E-state index in [0.717, 1.165) is 19.8 Å². The van der Waals surface area contributed by atoms with Crippen LogP contribution < -0.4 is 0 Å². The maximum absolute atomic E-state index is 11.9. The van der Waals surface area contributed by atoms with E-state index in [1.807, 2.05) is 18.2 Å². The maximum Gasteiger partial charge on any atom is 0.174 e. The number of thiophene rings is 1. The first kappa shape index (κ1) is 12.7. The number of Topliss-reactive ketones (excluding diaryl/α,β-unsaturated/α-hetero) is 1. The summed E-state index contributed by atoms with van der Waals surface area (Å²) < 4.78 is 0.991. The first-order chi connectivity index (χ1) is 8.56. The van der Waals surface area contributed by atoms with Crippen molar-refractivity contribution in [1.29, 1.82) is 0 Å². The Kier molecular flexibility index (Phi) is 3.27. The molecule has 2 aromatic rings. The van der Waals surface area contributed by atoms with Crippen LogP contribution in [0.4, 0.5) is 0 Å². The molecule has 1 unspecified atom stereocenters. The van der Waals surface area contributed by atoms with E-state index in [1.165, 1.54) is 11.3 Å². The fourth-order valence-corrected chi connectivity index (χ4v) is 4.20. The van der Waals surface area contributed by atoms with Gasteiger partial charge in [0.2, 0.25) is 0 Å². The van der Waals surface area contributed by atoms with Gasteiger partial charge in [-0.2, -0.15) is 0 Å². The number of hydrogen-bond donors (Lipinski definition) is 0. The maximum atomic E-state index is 11.9. The van der Waals surface area contributed by atoms with Gasteiger partial charge in [0.25, 0.3) is 0 Å². The lowest BCUT2D eigenvalue weighted by molar-refractivity contribution is 0.0994. The molecule has 0 fully saturated rings. The average Bonchev–Trinajstić information content (AvgIpc) is 2.83. The number of carbonyl (C=O) groups is 1. The molecule has 1 aliphatic rings. The monoisotopic (exact) mass is 360 g/mol. The van der Waals surface area contributed by atoms with Gasteiger partial charge in [-0.1, -0.05) is 29.3 Å². The summed E-state index contributed by atoms with van der Waals surface area (Å²) in [6.45, 7) is 0. The predicted octanol–water partition coefficient (Wildman–Crippen LogP) is 5.54. The second-order valence-corrected chi connectivity index (χ2v) is 7.43. The molecule has 1 aromatic carbocycles. The second-order valence-electron chi connectivity index (χ2n) is 4.19. The van der Waals surface area contributed by atoms with Gasteiger partial charge in [0.05, 0.1) is 18.7 Å². The van der Waals surface area contributed by atoms with Crippen molar-refractivity contribution in [2.75, 3.05) is 0 Å². The van der Waals surface area contributed by atoms with Crippen LogP contribution in [0, 0.1) is 0 Å². The summed E-state index contributed by atoms with van der Waals surface area (Å²) >= 11 is 16.9. The highest BCUT2D eigenvalue weighted by molar-refractivity contribution is 9.11. The zero-order valence-electron chi connectivity index (χ0n) is 9.04. The number of ketones is 1. The van der Waals surface area contributed by atoms with Crippen LogP contribution in [0.15, 0.2) is 28.1 Å². The van der Waals surface area contributed by atoms with E-state index in [4.69, 9.17) is 23.2 Å². The number of benzene rings is 1. The fourth-order valence-electron chi connectivity index (χ4n) is 2.27. The molecule has 1 atom stereocenters. The highest BCUT2D eigenvalue weighted by atomic mass is 79.9. The molecule has 0 bridgehead atoms. The van der Waals surface area contributed by atoms with Gasteiger partial charge < -0.3 is 0 Å². The number of carbonyl (C=O) groups excluding carboxylic acids is 1. The Morgan fingerprint density at radius 1 is 1.22 bits per heavy atom. The lowest BCUT2D eigenvalue weighted by atomic mass is 9.94. The van der Waals surface area contributed by atoms with Gasteiger partial charge in [-0.3, -0.25) is 4.79 Å². The summed E-state index contributed by atoms with van der Waals surface area (Å²) in [4.78, 5) is 12.8. The minimum absolute atomic E-state index is 0.102. The number of rotatable bonds is 1. The summed E-state index contributed by atoms with van der Waals surface area (Å²) in [5.41, 5.74) is 2.14. The average molecular weight is 362 g/mol. The van der Waals surface area contributed by atoms with E-state index in [9.17, 15) is 4.79 Å². The highest BCUT2D eigenvalue weighted by Gasteiger charge is 2.32. The topological polar surface area (TPSA) is 17.1 Å². The standard InChI is InChI=1S/C13H7BrCl2OS/c14-12-5-8-7(4-11(17)13(8)18-12)6-1-2-9(15)10(16)3-6/h1-3,5,7H,4H2. The third-order valence-corrected chi connectivity index (χ3v) is 5.53. The minimum atomic E-state index is 0.102. The molecule has 1 aliphatic carbocycles. The number of fused-ring (bicyclic) bond motifs is 1. The van der Waals surface area contributed by atoms with E-state index in [-0.39, 0.29) is 11.7 Å². The molecule has 0 radical (unpaired) electrons. The zero-order chi connectivity index (χ0) is 12.9. The van der Waals surface area contributed by atoms with Crippen LogP contribution in [-0.4, -0.2) is 5.78 Å². The first-order valence-electron chi connectivity index (χ1n) is 5.33. The van der Waals surface area contributed by atoms with Crippen molar-refractivity contribution >= 4 is 56.3 Å². The van der Waals surface area contributed by atoms with Crippen LogP contribution >= 0.6 is 50.5 Å².